The van der Waals surface area contributed by atoms with E-state index in [-0.39, 0.29) is 13.2 Å². The van der Waals surface area contributed by atoms with E-state index in [0.717, 1.165) is 22.1 Å². The molecule has 3 rings (SSSR count). The van der Waals surface area contributed by atoms with Gasteiger partial charge in [-0.05, 0) is 48.7 Å². The van der Waals surface area contributed by atoms with Gasteiger partial charge in [-0.25, -0.2) is 4.79 Å². The molecule has 0 aliphatic rings. The molecule has 2 aromatic carbocycles. The van der Waals surface area contributed by atoms with Gasteiger partial charge >= 0.3 is 11.6 Å². The molecule has 0 aliphatic carbocycles. The summed E-state index contributed by atoms with van der Waals surface area (Å²) in [7, 11) is 0. The lowest BCUT2D eigenvalue weighted by molar-refractivity contribution is -0.144. The highest BCUT2D eigenvalue weighted by atomic mass is 16.5. The van der Waals surface area contributed by atoms with Crippen molar-refractivity contribution in [2.45, 2.75) is 20.5 Å². The van der Waals surface area contributed by atoms with Gasteiger partial charge in [-0.15, -0.1) is 0 Å². The average molecular weight is 391 g/mol. The SMILES string of the molecule is Cc1cc2oc(=O)cc(COC(=O)CNC(=O)/C=C/c3ccccc3)c2cc1C. The average Bonchev–Trinajstić information content (AvgIpc) is 2.71. The standard InChI is InChI=1S/C23H21NO5/c1-15-10-19-18(12-22(26)29-20(19)11-16(15)2)14-28-23(27)13-24-21(25)9-8-17-6-4-3-5-7-17/h3-12H,13-14H2,1-2H3,(H,24,25)/b9-8+. The number of ether oxygens (including phenoxy) is 1. The van der Waals surface area contributed by atoms with Crippen LogP contribution in [0.2, 0.25) is 0 Å². The zero-order chi connectivity index (χ0) is 20.8. The lowest BCUT2D eigenvalue weighted by Crippen LogP contribution is -2.29. The van der Waals surface area contributed by atoms with Crippen molar-refractivity contribution in [2.75, 3.05) is 6.54 Å². The smallest absolute Gasteiger partial charge is 0.336 e. The molecule has 1 amide bonds. The fourth-order valence-corrected chi connectivity index (χ4v) is 2.77. The molecule has 0 aliphatic heterocycles. The second-order valence-electron chi connectivity index (χ2n) is 6.65. The molecular formula is C23H21NO5. The number of hydrogen-bond acceptors (Lipinski definition) is 5. The minimum Gasteiger partial charge on any atom is -0.459 e. The molecule has 0 spiro atoms. The van der Waals surface area contributed by atoms with Crippen LogP contribution in [-0.4, -0.2) is 18.4 Å². The highest BCUT2D eigenvalue weighted by Gasteiger charge is 2.11. The Hall–Kier alpha value is -3.67. The number of rotatable bonds is 6. The Kier molecular flexibility index (Phi) is 6.24. The van der Waals surface area contributed by atoms with Crippen LogP contribution in [-0.2, 0) is 20.9 Å². The third-order valence-corrected chi connectivity index (χ3v) is 4.47. The van der Waals surface area contributed by atoms with Crippen LogP contribution in [0.25, 0.3) is 17.0 Å². The maximum absolute atomic E-state index is 12.0. The van der Waals surface area contributed by atoms with Crippen molar-refractivity contribution in [3.8, 4) is 0 Å². The molecular weight excluding hydrogens is 370 g/mol. The van der Waals surface area contributed by atoms with E-state index in [1.807, 2.05) is 50.2 Å². The fourth-order valence-electron chi connectivity index (χ4n) is 2.77. The Morgan fingerprint density at radius 2 is 1.79 bits per heavy atom. The van der Waals surface area contributed by atoms with Crippen LogP contribution < -0.4 is 10.9 Å². The van der Waals surface area contributed by atoms with E-state index in [9.17, 15) is 14.4 Å². The molecule has 0 atom stereocenters. The van der Waals surface area contributed by atoms with E-state index in [2.05, 4.69) is 5.32 Å². The number of aryl methyl sites for hydroxylation is 2. The van der Waals surface area contributed by atoms with Gasteiger partial charge < -0.3 is 14.5 Å². The number of hydrogen-bond donors (Lipinski definition) is 1. The minimum atomic E-state index is -0.600. The predicted molar refractivity (Wildman–Crippen MR) is 110 cm³/mol. The topological polar surface area (TPSA) is 85.6 Å². The van der Waals surface area contributed by atoms with E-state index in [4.69, 9.17) is 9.15 Å². The third-order valence-electron chi connectivity index (χ3n) is 4.47. The summed E-state index contributed by atoms with van der Waals surface area (Å²) in [4.78, 5) is 35.6. The van der Waals surface area contributed by atoms with Crippen molar-refractivity contribution in [3.63, 3.8) is 0 Å². The molecule has 0 unspecified atom stereocenters. The van der Waals surface area contributed by atoms with Crippen LogP contribution in [0.1, 0.15) is 22.3 Å². The van der Waals surface area contributed by atoms with Gasteiger partial charge in [0.25, 0.3) is 0 Å². The Morgan fingerprint density at radius 3 is 2.55 bits per heavy atom. The van der Waals surface area contributed by atoms with Gasteiger partial charge in [0.1, 0.15) is 18.7 Å². The van der Waals surface area contributed by atoms with Gasteiger partial charge in [0.15, 0.2) is 0 Å². The van der Waals surface area contributed by atoms with Crippen LogP contribution in [0, 0.1) is 13.8 Å². The molecule has 0 saturated heterocycles. The first-order chi connectivity index (χ1) is 13.9. The normalized spacial score (nSPS) is 11.0. The number of esters is 1. The summed E-state index contributed by atoms with van der Waals surface area (Å²) < 4.78 is 10.4. The first-order valence-electron chi connectivity index (χ1n) is 9.13. The first kappa shape index (κ1) is 20.1. The summed E-state index contributed by atoms with van der Waals surface area (Å²) >= 11 is 0. The summed E-state index contributed by atoms with van der Waals surface area (Å²) in [5.74, 6) is -1.00. The van der Waals surface area contributed by atoms with Crippen molar-refractivity contribution in [2.24, 2.45) is 0 Å². The fraction of sp³-hybridized carbons (Fsp3) is 0.174. The summed E-state index contributed by atoms with van der Waals surface area (Å²) in [6, 6.07) is 14.3. The molecule has 3 aromatic rings. The molecule has 0 fully saturated rings. The van der Waals surface area contributed by atoms with Crippen LogP contribution in [0.15, 0.2) is 63.8 Å². The Morgan fingerprint density at radius 1 is 1.07 bits per heavy atom. The second kappa shape index (κ2) is 9.01. The second-order valence-corrected chi connectivity index (χ2v) is 6.65. The molecule has 1 heterocycles. The van der Waals surface area contributed by atoms with E-state index >= 15 is 0 Å². The molecule has 1 aromatic heterocycles. The van der Waals surface area contributed by atoms with Crippen LogP contribution in [0.3, 0.4) is 0 Å². The predicted octanol–water partition coefficient (Wildman–Crippen LogP) is 3.28. The largest absolute Gasteiger partial charge is 0.459 e. The Labute approximate surface area is 167 Å². The number of carbonyl (C=O) groups is 2. The number of nitrogens with one attached hydrogen (secondary N) is 1. The molecule has 0 radical (unpaired) electrons. The summed E-state index contributed by atoms with van der Waals surface area (Å²) in [5, 5.41) is 3.19. The van der Waals surface area contributed by atoms with Gasteiger partial charge in [-0.1, -0.05) is 30.3 Å². The molecule has 148 valence electrons. The number of amides is 1. The zero-order valence-corrected chi connectivity index (χ0v) is 16.2. The van der Waals surface area contributed by atoms with E-state index in [1.54, 1.807) is 12.1 Å². The Bertz CT molecular complexity index is 1130. The third kappa shape index (κ3) is 5.42. The zero-order valence-electron chi connectivity index (χ0n) is 16.2. The van der Waals surface area contributed by atoms with Crippen molar-refractivity contribution >= 4 is 28.9 Å². The lowest BCUT2D eigenvalue weighted by atomic mass is 10.0. The highest BCUT2D eigenvalue weighted by Crippen LogP contribution is 2.22. The highest BCUT2D eigenvalue weighted by molar-refractivity contribution is 5.93. The minimum absolute atomic E-state index is 0.0842. The molecule has 0 bridgehead atoms. The van der Waals surface area contributed by atoms with Gasteiger partial charge in [-0.2, -0.15) is 0 Å². The van der Waals surface area contributed by atoms with E-state index in [1.165, 1.54) is 12.1 Å². The summed E-state index contributed by atoms with van der Waals surface area (Å²) in [5.41, 5.74) is 3.42. The lowest BCUT2D eigenvalue weighted by Gasteiger charge is -2.09. The number of fused-ring (bicyclic) bond motifs is 1. The van der Waals surface area contributed by atoms with Crippen LogP contribution in [0.4, 0.5) is 0 Å². The van der Waals surface area contributed by atoms with Gasteiger partial charge in [0.05, 0.1) is 0 Å². The molecule has 0 saturated carbocycles. The molecule has 6 nitrogen and oxygen atoms in total. The summed E-state index contributed by atoms with van der Waals surface area (Å²) in [6.45, 7) is 3.53. The molecule has 1 N–H and O–H groups in total. The van der Waals surface area contributed by atoms with Crippen molar-refractivity contribution in [3.05, 3.63) is 87.3 Å². The number of carbonyl (C=O) groups excluding carboxylic acids is 2. The monoisotopic (exact) mass is 391 g/mol. The van der Waals surface area contributed by atoms with Crippen molar-refractivity contribution in [1.29, 1.82) is 0 Å². The van der Waals surface area contributed by atoms with Crippen molar-refractivity contribution < 1.29 is 18.7 Å². The van der Waals surface area contributed by atoms with Gasteiger partial charge in [0, 0.05) is 23.1 Å². The van der Waals surface area contributed by atoms with Gasteiger partial charge in [0.2, 0.25) is 5.91 Å². The molecule has 29 heavy (non-hydrogen) atoms. The molecule has 6 heteroatoms. The first-order valence-corrected chi connectivity index (χ1v) is 9.13. The summed E-state index contributed by atoms with van der Waals surface area (Å²) in [6.07, 6.45) is 3.00. The van der Waals surface area contributed by atoms with Crippen molar-refractivity contribution in [1.82, 2.24) is 5.32 Å². The quantitative estimate of drug-likeness (QED) is 0.396. The van der Waals surface area contributed by atoms with Crippen LogP contribution in [0.5, 0.6) is 0 Å². The van der Waals surface area contributed by atoms with E-state index in [0.29, 0.717) is 11.1 Å². The van der Waals surface area contributed by atoms with Crippen LogP contribution >= 0.6 is 0 Å². The van der Waals surface area contributed by atoms with Gasteiger partial charge in [-0.3, -0.25) is 9.59 Å². The Balaban J connectivity index is 1.58. The maximum Gasteiger partial charge on any atom is 0.336 e. The van der Waals surface area contributed by atoms with E-state index < -0.39 is 17.5 Å². The number of benzene rings is 2. The maximum atomic E-state index is 12.0.